The van der Waals surface area contributed by atoms with E-state index in [2.05, 4.69) is 48.6 Å². The smallest absolute Gasteiger partial charge is 0.0246 e. The van der Waals surface area contributed by atoms with Crippen LogP contribution in [0.15, 0.2) is 0 Å². The Hall–Kier alpha value is 0.440. The summed E-state index contributed by atoms with van der Waals surface area (Å²) >= 11 is 3.50. The van der Waals surface area contributed by atoms with Gasteiger partial charge in [0.15, 0.2) is 0 Å². The number of hydrogen-bond donors (Lipinski definition) is 0. The molecule has 0 aliphatic carbocycles. The normalized spacial score (nSPS) is 12.6. The monoisotopic (exact) mass is 207 g/mol. The van der Waals surface area contributed by atoms with E-state index in [4.69, 9.17) is 0 Å². The third kappa shape index (κ3) is 3.02. The summed E-state index contributed by atoms with van der Waals surface area (Å²) in [6.45, 7) is 7.88. The van der Waals surface area contributed by atoms with E-state index in [0.717, 1.165) is 5.33 Å². The summed E-state index contributed by atoms with van der Waals surface area (Å²) < 4.78 is 0. The number of rotatable bonds is 4. The predicted molar refractivity (Wildman–Crippen MR) is 50.8 cm³/mol. The van der Waals surface area contributed by atoms with E-state index >= 15 is 0 Å². The van der Waals surface area contributed by atoms with E-state index < -0.39 is 0 Å². The fourth-order valence-corrected chi connectivity index (χ4v) is 1.17. The third-order valence-corrected chi connectivity index (χ3v) is 3.29. The molecule has 0 aromatic heterocycles. The summed E-state index contributed by atoms with van der Waals surface area (Å²) in [5, 5.41) is 1.04. The predicted octanol–water partition coefficient (Wildman–Crippen LogP) is 2.50. The average molecular weight is 208 g/mol. The van der Waals surface area contributed by atoms with Gasteiger partial charge in [-0.1, -0.05) is 22.9 Å². The molecule has 1 nitrogen and oxygen atoms in total. The van der Waals surface area contributed by atoms with Gasteiger partial charge in [0.1, 0.15) is 0 Å². The van der Waals surface area contributed by atoms with E-state index in [9.17, 15) is 0 Å². The molecule has 0 spiro atoms. The Kier molecular flexibility index (Phi) is 4.54. The summed E-state index contributed by atoms with van der Waals surface area (Å²) in [5.74, 6) is 0. The van der Waals surface area contributed by atoms with Crippen molar-refractivity contribution in [3.8, 4) is 0 Å². The first kappa shape index (κ1) is 10.4. The van der Waals surface area contributed by atoms with Gasteiger partial charge >= 0.3 is 0 Å². The lowest BCUT2D eigenvalue weighted by molar-refractivity contribution is 0.182. The standard InChI is InChI=1S/C8H18BrN/c1-5-6-10(4)8(2,3)7-9/h5-7H2,1-4H3. The number of hydrogen-bond acceptors (Lipinski definition) is 1. The van der Waals surface area contributed by atoms with Crippen LogP contribution in [0.3, 0.4) is 0 Å². The molecule has 0 rings (SSSR count). The quantitative estimate of drug-likeness (QED) is 0.641. The van der Waals surface area contributed by atoms with Gasteiger partial charge in [-0.2, -0.15) is 0 Å². The maximum Gasteiger partial charge on any atom is 0.0246 e. The van der Waals surface area contributed by atoms with Crippen LogP contribution < -0.4 is 0 Å². The van der Waals surface area contributed by atoms with Gasteiger partial charge < -0.3 is 4.90 Å². The first-order valence-corrected chi connectivity index (χ1v) is 4.94. The van der Waals surface area contributed by atoms with Crippen LogP contribution in [0.1, 0.15) is 27.2 Å². The second-order valence-corrected chi connectivity index (χ2v) is 3.93. The summed E-state index contributed by atoms with van der Waals surface area (Å²) in [6, 6.07) is 0. The molecular formula is C8H18BrN. The zero-order valence-corrected chi connectivity index (χ0v) is 9.03. The van der Waals surface area contributed by atoms with Crippen molar-refractivity contribution < 1.29 is 0 Å². The minimum Gasteiger partial charge on any atom is -0.300 e. The van der Waals surface area contributed by atoms with Crippen LogP contribution in [0.4, 0.5) is 0 Å². The molecule has 0 heterocycles. The molecule has 0 aliphatic rings. The highest BCUT2D eigenvalue weighted by atomic mass is 79.9. The van der Waals surface area contributed by atoms with E-state index in [1.807, 2.05) is 0 Å². The molecule has 10 heavy (non-hydrogen) atoms. The first-order valence-electron chi connectivity index (χ1n) is 3.81. The molecule has 0 aromatic rings. The SMILES string of the molecule is CCCN(C)C(C)(C)CBr. The Morgan fingerprint density at radius 2 is 1.90 bits per heavy atom. The van der Waals surface area contributed by atoms with Crippen LogP contribution in [0.2, 0.25) is 0 Å². The Bertz CT molecular complexity index is 91.3. The minimum absolute atomic E-state index is 0.302. The van der Waals surface area contributed by atoms with Gasteiger partial charge in [-0.05, 0) is 33.9 Å². The highest BCUT2D eigenvalue weighted by Gasteiger charge is 2.20. The van der Waals surface area contributed by atoms with Crippen molar-refractivity contribution >= 4 is 15.9 Å². The van der Waals surface area contributed by atoms with Crippen molar-refractivity contribution in [2.45, 2.75) is 32.7 Å². The maximum absolute atomic E-state index is 3.50. The molecule has 0 atom stereocenters. The zero-order chi connectivity index (χ0) is 8.20. The molecular weight excluding hydrogens is 190 g/mol. The van der Waals surface area contributed by atoms with Crippen LogP contribution in [0.5, 0.6) is 0 Å². The third-order valence-electron chi connectivity index (χ3n) is 1.92. The van der Waals surface area contributed by atoms with Crippen LogP contribution in [0.25, 0.3) is 0 Å². The summed E-state index contributed by atoms with van der Waals surface area (Å²) in [6.07, 6.45) is 1.23. The van der Waals surface area contributed by atoms with Crippen molar-refractivity contribution in [1.82, 2.24) is 4.90 Å². The first-order chi connectivity index (χ1) is 4.54. The molecule has 0 radical (unpaired) electrons. The lowest BCUT2D eigenvalue weighted by atomic mass is 10.1. The molecule has 2 heteroatoms. The van der Waals surface area contributed by atoms with Crippen LogP contribution in [-0.4, -0.2) is 29.4 Å². The lowest BCUT2D eigenvalue weighted by Crippen LogP contribution is -2.42. The number of halogens is 1. The summed E-state index contributed by atoms with van der Waals surface area (Å²) in [5.41, 5.74) is 0.302. The van der Waals surface area contributed by atoms with E-state index in [1.54, 1.807) is 0 Å². The maximum atomic E-state index is 3.50. The van der Waals surface area contributed by atoms with Gasteiger partial charge in [0.2, 0.25) is 0 Å². The highest BCUT2D eigenvalue weighted by Crippen LogP contribution is 2.14. The second-order valence-electron chi connectivity index (χ2n) is 3.37. The highest BCUT2D eigenvalue weighted by molar-refractivity contribution is 9.09. The molecule has 0 amide bonds. The van der Waals surface area contributed by atoms with E-state index in [1.165, 1.54) is 13.0 Å². The van der Waals surface area contributed by atoms with Crippen molar-refractivity contribution in [2.75, 3.05) is 18.9 Å². The summed E-state index contributed by atoms with van der Waals surface area (Å²) in [7, 11) is 2.17. The van der Waals surface area contributed by atoms with Gasteiger partial charge in [0.05, 0.1) is 0 Å². The molecule has 0 fully saturated rings. The Balaban J connectivity index is 3.78. The van der Waals surface area contributed by atoms with E-state index in [0.29, 0.717) is 5.54 Å². The number of nitrogens with zero attached hydrogens (tertiary/aromatic N) is 1. The average Bonchev–Trinajstić information content (AvgIpc) is 1.89. The molecule has 0 aliphatic heterocycles. The number of alkyl halides is 1. The Labute approximate surface area is 72.9 Å². The van der Waals surface area contributed by atoms with Crippen molar-refractivity contribution in [2.24, 2.45) is 0 Å². The Morgan fingerprint density at radius 3 is 2.20 bits per heavy atom. The van der Waals surface area contributed by atoms with Gasteiger partial charge in [-0.3, -0.25) is 0 Å². The second kappa shape index (κ2) is 4.35. The van der Waals surface area contributed by atoms with Gasteiger partial charge in [-0.15, -0.1) is 0 Å². The molecule has 0 unspecified atom stereocenters. The van der Waals surface area contributed by atoms with Gasteiger partial charge in [-0.25, -0.2) is 0 Å². The van der Waals surface area contributed by atoms with E-state index in [-0.39, 0.29) is 0 Å². The van der Waals surface area contributed by atoms with Gasteiger partial charge in [0, 0.05) is 10.9 Å². The topological polar surface area (TPSA) is 3.24 Å². The van der Waals surface area contributed by atoms with Crippen LogP contribution >= 0.6 is 15.9 Å². The largest absolute Gasteiger partial charge is 0.300 e. The molecule has 0 N–H and O–H groups in total. The molecule has 0 aromatic carbocycles. The van der Waals surface area contributed by atoms with Crippen LogP contribution in [0, 0.1) is 0 Å². The summed E-state index contributed by atoms with van der Waals surface area (Å²) in [4.78, 5) is 2.38. The zero-order valence-electron chi connectivity index (χ0n) is 7.45. The molecule has 0 saturated carbocycles. The fourth-order valence-electron chi connectivity index (χ4n) is 0.740. The van der Waals surface area contributed by atoms with Crippen molar-refractivity contribution in [1.29, 1.82) is 0 Å². The van der Waals surface area contributed by atoms with Crippen molar-refractivity contribution in [3.05, 3.63) is 0 Å². The minimum atomic E-state index is 0.302. The van der Waals surface area contributed by atoms with Crippen molar-refractivity contribution in [3.63, 3.8) is 0 Å². The van der Waals surface area contributed by atoms with Crippen LogP contribution in [-0.2, 0) is 0 Å². The Morgan fingerprint density at radius 1 is 1.40 bits per heavy atom. The van der Waals surface area contributed by atoms with Gasteiger partial charge in [0.25, 0.3) is 0 Å². The molecule has 0 saturated heterocycles. The lowest BCUT2D eigenvalue weighted by Gasteiger charge is -2.33. The fraction of sp³-hybridized carbons (Fsp3) is 1.00. The molecule has 0 bridgehead atoms. The molecule has 62 valence electrons.